The van der Waals surface area contributed by atoms with Gasteiger partial charge in [-0.05, 0) is 31.0 Å². The number of hydrogen-bond acceptors (Lipinski definition) is 3. The van der Waals surface area contributed by atoms with Gasteiger partial charge >= 0.3 is 0 Å². The Kier molecular flexibility index (Phi) is 7.90. The molecule has 2 aliphatic heterocycles. The Bertz CT molecular complexity index is 551. The minimum absolute atomic E-state index is 0. The van der Waals surface area contributed by atoms with E-state index in [2.05, 4.69) is 26.6 Å². The maximum absolute atomic E-state index is 6.09. The van der Waals surface area contributed by atoms with E-state index in [0.717, 1.165) is 56.7 Å². The second-order valence-corrected chi connectivity index (χ2v) is 6.67. The first-order chi connectivity index (χ1) is 11.2. The highest BCUT2D eigenvalue weighted by molar-refractivity contribution is 14.0. The van der Waals surface area contributed by atoms with Crippen molar-refractivity contribution < 1.29 is 4.74 Å². The predicted molar refractivity (Wildman–Crippen MR) is 111 cm³/mol. The number of halogens is 2. The topological polar surface area (TPSA) is 48.9 Å². The summed E-state index contributed by atoms with van der Waals surface area (Å²) in [6, 6.07) is 8.45. The summed E-state index contributed by atoms with van der Waals surface area (Å²) in [5, 5.41) is 7.74. The van der Waals surface area contributed by atoms with Gasteiger partial charge in [0.25, 0.3) is 0 Å². The van der Waals surface area contributed by atoms with Crippen LogP contribution in [0.1, 0.15) is 12.8 Å². The molecule has 0 amide bonds. The lowest BCUT2D eigenvalue weighted by Crippen LogP contribution is -2.46. The summed E-state index contributed by atoms with van der Waals surface area (Å²) < 4.78 is 5.41. The first kappa shape index (κ1) is 19.6. The Morgan fingerprint density at radius 2 is 2.29 bits per heavy atom. The molecular weight excluding hydrogens is 439 g/mol. The minimum Gasteiger partial charge on any atom is -0.381 e. The normalized spacial score (nSPS) is 23.9. The lowest BCUT2D eigenvalue weighted by molar-refractivity contribution is 0.186. The number of rotatable bonds is 4. The summed E-state index contributed by atoms with van der Waals surface area (Å²) in [5.41, 5.74) is 1.19. The molecule has 2 atom stereocenters. The molecular formula is C17H26ClIN4O. The van der Waals surface area contributed by atoms with E-state index in [1.54, 1.807) is 0 Å². The molecule has 2 saturated heterocycles. The molecule has 2 aliphatic rings. The number of anilines is 1. The van der Waals surface area contributed by atoms with E-state index in [4.69, 9.17) is 16.3 Å². The van der Waals surface area contributed by atoms with E-state index in [0.29, 0.717) is 12.0 Å². The lowest BCUT2D eigenvalue weighted by atomic mass is 10.1. The van der Waals surface area contributed by atoms with E-state index in [1.807, 2.05) is 25.2 Å². The van der Waals surface area contributed by atoms with Crippen molar-refractivity contribution >= 4 is 47.2 Å². The van der Waals surface area contributed by atoms with Crippen LogP contribution in [0.3, 0.4) is 0 Å². The lowest BCUT2D eigenvalue weighted by Gasteiger charge is -2.21. The van der Waals surface area contributed by atoms with Crippen LogP contribution in [-0.4, -0.2) is 51.9 Å². The van der Waals surface area contributed by atoms with Crippen LogP contribution in [-0.2, 0) is 4.74 Å². The average Bonchev–Trinajstić information content (AvgIpc) is 3.23. The van der Waals surface area contributed by atoms with Crippen molar-refractivity contribution in [3.8, 4) is 0 Å². The van der Waals surface area contributed by atoms with Gasteiger partial charge in [-0.1, -0.05) is 17.7 Å². The number of benzene rings is 1. The maximum atomic E-state index is 6.09. The number of nitrogens with one attached hydrogen (secondary N) is 2. The zero-order valence-electron chi connectivity index (χ0n) is 14.0. The van der Waals surface area contributed by atoms with Gasteiger partial charge in [-0.25, -0.2) is 0 Å². The van der Waals surface area contributed by atoms with Crippen LogP contribution in [0.5, 0.6) is 0 Å². The third-order valence-corrected chi connectivity index (χ3v) is 4.74. The largest absolute Gasteiger partial charge is 0.381 e. The van der Waals surface area contributed by atoms with Crippen LogP contribution in [0.4, 0.5) is 5.69 Å². The van der Waals surface area contributed by atoms with Crippen LogP contribution >= 0.6 is 35.6 Å². The Balaban J connectivity index is 0.00000208. The van der Waals surface area contributed by atoms with E-state index < -0.39 is 0 Å². The van der Waals surface area contributed by atoms with Crippen molar-refractivity contribution in [2.24, 2.45) is 10.9 Å². The van der Waals surface area contributed by atoms with Crippen molar-refractivity contribution in [1.82, 2.24) is 10.6 Å². The van der Waals surface area contributed by atoms with Gasteiger partial charge in [0.15, 0.2) is 5.96 Å². The molecule has 0 aromatic heterocycles. The molecule has 5 nitrogen and oxygen atoms in total. The molecule has 134 valence electrons. The summed E-state index contributed by atoms with van der Waals surface area (Å²) in [6.45, 7) is 4.66. The van der Waals surface area contributed by atoms with Crippen LogP contribution in [0.2, 0.25) is 5.02 Å². The fourth-order valence-electron chi connectivity index (χ4n) is 3.16. The molecule has 0 bridgehead atoms. The van der Waals surface area contributed by atoms with Gasteiger partial charge in [0.1, 0.15) is 0 Å². The number of nitrogens with zero attached hydrogens (tertiary/aromatic N) is 2. The predicted octanol–water partition coefficient (Wildman–Crippen LogP) is 2.74. The van der Waals surface area contributed by atoms with Crippen molar-refractivity contribution in [3.05, 3.63) is 29.3 Å². The molecule has 0 spiro atoms. The summed E-state index contributed by atoms with van der Waals surface area (Å²) >= 11 is 6.09. The van der Waals surface area contributed by atoms with Crippen molar-refractivity contribution in [3.63, 3.8) is 0 Å². The molecule has 2 heterocycles. The number of guanidine groups is 1. The van der Waals surface area contributed by atoms with Gasteiger partial charge in [0.2, 0.25) is 0 Å². The standard InChI is InChI=1S/C17H25ClN4O.HI/c1-19-17(20-10-13-6-8-23-12-13)21-15-5-7-22(11-15)16-4-2-3-14(18)9-16;/h2-4,9,13,15H,5-8,10-12H2,1H3,(H2,19,20,21);1H. The Morgan fingerprint density at radius 1 is 1.42 bits per heavy atom. The van der Waals surface area contributed by atoms with Crippen molar-refractivity contribution in [2.75, 3.05) is 44.8 Å². The number of hydrogen-bond donors (Lipinski definition) is 2. The van der Waals surface area contributed by atoms with Gasteiger partial charge in [0.05, 0.1) is 6.61 Å². The molecule has 1 aromatic rings. The molecule has 2 unspecified atom stereocenters. The second-order valence-electron chi connectivity index (χ2n) is 6.24. The van der Waals surface area contributed by atoms with E-state index >= 15 is 0 Å². The average molecular weight is 465 g/mol. The van der Waals surface area contributed by atoms with Gasteiger partial charge in [-0.15, -0.1) is 24.0 Å². The van der Waals surface area contributed by atoms with E-state index in [1.165, 1.54) is 5.69 Å². The van der Waals surface area contributed by atoms with Crippen LogP contribution in [0.15, 0.2) is 29.3 Å². The molecule has 7 heteroatoms. The Labute approximate surface area is 166 Å². The summed E-state index contributed by atoms with van der Waals surface area (Å²) in [6.07, 6.45) is 2.23. The van der Waals surface area contributed by atoms with Crippen molar-refractivity contribution in [1.29, 1.82) is 0 Å². The molecule has 0 aliphatic carbocycles. The zero-order chi connectivity index (χ0) is 16.1. The van der Waals surface area contributed by atoms with Gasteiger partial charge in [-0.3, -0.25) is 4.99 Å². The third-order valence-electron chi connectivity index (χ3n) is 4.51. The van der Waals surface area contributed by atoms with E-state index in [9.17, 15) is 0 Å². The molecule has 1 aromatic carbocycles. The monoisotopic (exact) mass is 464 g/mol. The Hall–Kier alpha value is -0.730. The van der Waals surface area contributed by atoms with Crippen LogP contribution in [0.25, 0.3) is 0 Å². The Morgan fingerprint density at radius 3 is 3.00 bits per heavy atom. The van der Waals surface area contributed by atoms with Gasteiger partial charge in [-0.2, -0.15) is 0 Å². The fraction of sp³-hybridized carbons (Fsp3) is 0.588. The van der Waals surface area contributed by atoms with E-state index in [-0.39, 0.29) is 24.0 Å². The first-order valence-electron chi connectivity index (χ1n) is 8.30. The smallest absolute Gasteiger partial charge is 0.191 e. The van der Waals surface area contributed by atoms with Gasteiger partial charge in [0, 0.05) is 56.0 Å². The summed E-state index contributed by atoms with van der Waals surface area (Å²) in [5.74, 6) is 1.48. The molecule has 2 fully saturated rings. The molecule has 3 rings (SSSR count). The second kappa shape index (κ2) is 9.68. The van der Waals surface area contributed by atoms with Crippen LogP contribution in [0, 0.1) is 5.92 Å². The minimum atomic E-state index is 0. The highest BCUT2D eigenvalue weighted by Crippen LogP contribution is 2.23. The van der Waals surface area contributed by atoms with Gasteiger partial charge < -0.3 is 20.3 Å². The highest BCUT2D eigenvalue weighted by atomic mass is 127. The molecule has 0 saturated carbocycles. The van der Waals surface area contributed by atoms with Crippen molar-refractivity contribution in [2.45, 2.75) is 18.9 Å². The molecule has 0 radical (unpaired) electrons. The summed E-state index contributed by atoms with van der Waals surface area (Å²) in [7, 11) is 1.82. The highest BCUT2D eigenvalue weighted by Gasteiger charge is 2.24. The number of ether oxygens (including phenoxy) is 1. The molecule has 24 heavy (non-hydrogen) atoms. The zero-order valence-corrected chi connectivity index (χ0v) is 17.1. The maximum Gasteiger partial charge on any atom is 0.191 e. The fourth-order valence-corrected chi connectivity index (χ4v) is 3.34. The number of aliphatic imine (C=N–C) groups is 1. The first-order valence-corrected chi connectivity index (χ1v) is 8.68. The SMILES string of the molecule is CN=C(NCC1CCOC1)NC1CCN(c2cccc(Cl)c2)C1.I. The third kappa shape index (κ3) is 5.39. The molecule has 2 N–H and O–H groups in total. The summed E-state index contributed by atoms with van der Waals surface area (Å²) in [4.78, 5) is 6.70. The van der Waals surface area contributed by atoms with Crippen LogP contribution < -0.4 is 15.5 Å². The quantitative estimate of drug-likeness (QED) is 0.409.